The highest BCUT2D eigenvalue weighted by atomic mass is 19.1. The maximum absolute atomic E-state index is 14.1. The van der Waals surface area contributed by atoms with Gasteiger partial charge in [0.25, 0.3) is 0 Å². The van der Waals surface area contributed by atoms with E-state index in [-0.39, 0.29) is 31.0 Å². The number of halogens is 1. The first-order chi connectivity index (χ1) is 14.7. The Labute approximate surface area is 172 Å². The number of carbonyl (C=O) groups excluding carboxylic acids is 1. The minimum Gasteiger partial charge on any atom is -0.487 e. The van der Waals surface area contributed by atoms with E-state index in [0.717, 1.165) is 11.1 Å². The van der Waals surface area contributed by atoms with Crippen LogP contribution in [0.25, 0.3) is 11.3 Å². The van der Waals surface area contributed by atoms with Crippen LogP contribution in [0, 0.1) is 5.82 Å². The van der Waals surface area contributed by atoms with Crippen LogP contribution in [0.5, 0.6) is 17.2 Å². The van der Waals surface area contributed by atoms with E-state index in [4.69, 9.17) is 14.2 Å². The standard InChI is InChI=1S/C23H19FN2O4/c24-16-9-15-10-17(30-23(15)18(11-16)19-3-1-2-6-25-19)12-26-22(27)8-14-4-5-20-21(7-14)29-13-28-20/h1-7,9,11,17H,8,10,12-13H2,(H,26,27)/t17-/m1/s1. The van der Waals surface area contributed by atoms with Gasteiger partial charge in [0.2, 0.25) is 12.7 Å². The molecule has 0 spiro atoms. The lowest BCUT2D eigenvalue weighted by molar-refractivity contribution is -0.120. The highest BCUT2D eigenvalue weighted by molar-refractivity contribution is 5.79. The van der Waals surface area contributed by atoms with Crippen LogP contribution in [0.15, 0.2) is 54.7 Å². The van der Waals surface area contributed by atoms with Gasteiger partial charge in [-0.05, 0) is 42.0 Å². The predicted octanol–water partition coefficient (Wildman–Crippen LogP) is 3.28. The Hall–Kier alpha value is -3.61. The van der Waals surface area contributed by atoms with Gasteiger partial charge in [0.1, 0.15) is 17.7 Å². The van der Waals surface area contributed by atoms with Crippen LogP contribution in [0.3, 0.4) is 0 Å². The van der Waals surface area contributed by atoms with Gasteiger partial charge in [-0.15, -0.1) is 0 Å². The van der Waals surface area contributed by atoms with Crippen molar-refractivity contribution in [2.45, 2.75) is 18.9 Å². The average Bonchev–Trinajstić information content (AvgIpc) is 3.38. The highest BCUT2D eigenvalue weighted by Gasteiger charge is 2.27. The van der Waals surface area contributed by atoms with Gasteiger partial charge in [-0.25, -0.2) is 4.39 Å². The molecule has 30 heavy (non-hydrogen) atoms. The summed E-state index contributed by atoms with van der Waals surface area (Å²) < 4.78 is 30.8. The fourth-order valence-corrected chi connectivity index (χ4v) is 3.75. The number of hydrogen-bond acceptors (Lipinski definition) is 5. The number of nitrogens with one attached hydrogen (secondary N) is 1. The van der Waals surface area contributed by atoms with E-state index in [0.29, 0.717) is 41.5 Å². The summed E-state index contributed by atoms with van der Waals surface area (Å²) in [5.41, 5.74) is 2.90. The van der Waals surface area contributed by atoms with Gasteiger partial charge in [-0.1, -0.05) is 12.1 Å². The molecule has 0 fully saturated rings. The second-order valence-electron chi connectivity index (χ2n) is 7.27. The molecule has 2 aliphatic rings. The third-order valence-corrected chi connectivity index (χ3v) is 5.13. The van der Waals surface area contributed by atoms with Crippen molar-refractivity contribution in [2.24, 2.45) is 0 Å². The lowest BCUT2D eigenvalue weighted by atomic mass is 10.0. The highest BCUT2D eigenvalue weighted by Crippen LogP contribution is 2.39. The van der Waals surface area contributed by atoms with Crippen molar-refractivity contribution in [3.63, 3.8) is 0 Å². The number of rotatable bonds is 5. The molecular formula is C23H19FN2O4. The second-order valence-corrected chi connectivity index (χ2v) is 7.27. The summed E-state index contributed by atoms with van der Waals surface area (Å²) in [6.07, 6.45) is 2.15. The molecule has 2 aromatic carbocycles. The summed E-state index contributed by atoms with van der Waals surface area (Å²) in [4.78, 5) is 16.7. The Morgan fingerprint density at radius 3 is 2.90 bits per heavy atom. The van der Waals surface area contributed by atoms with Gasteiger partial charge >= 0.3 is 0 Å². The molecule has 0 saturated heterocycles. The van der Waals surface area contributed by atoms with Crippen molar-refractivity contribution in [1.29, 1.82) is 0 Å². The molecule has 1 aromatic heterocycles. The molecule has 0 bridgehead atoms. The van der Waals surface area contributed by atoms with E-state index in [2.05, 4.69) is 10.3 Å². The zero-order valence-corrected chi connectivity index (χ0v) is 16.1. The van der Waals surface area contributed by atoms with Crippen LogP contribution in [-0.2, 0) is 17.6 Å². The Kier molecular flexibility index (Phi) is 4.71. The number of ether oxygens (including phenoxy) is 3. The maximum Gasteiger partial charge on any atom is 0.231 e. The Balaban J connectivity index is 1.23. The third-order valence-electron chi connectivity index (χ3n) is 5.13. The van der Waals surface area contributed by atoms with E-state index in [1.807, 2.05) is 30.3 Å². The van der Waals surface area contributed by atoms with Crippen molar-refractivity contribution in [1.82, 2.24) is 10.3 Å². The minimum atomic E-state index is -0.328. The molecule has 1 atom stereocenters. The van der Waals surface area contributed by atoms with E-state index < -0.39 is 0 Å². The number of aromatic nitrogens is 1. The fourth-order valence-electron chi connectivity index (χ4n) is 3.75. The largest absolute Gasteiger partial charge is 0.487 e. The minimum absolute atomic E-state index is 0.121. The van der Waals surface area contributed by atoms with E-state index >= 15 is 0 Å². The van der Waals surface area contributed by atoms with Crippen LogP contribution >= 0.6 is 0 Å². The summed E-state index contributed by atoms with van der Waals surface area (Å²) in [6, 6.07) is 13.8. The average molecular weight is 406 g/mol. The van der Waals surface area contributed by atoms with Crippen molar-refractivity contribution in [3.05, 3.63) is 71.7 Å². The molecule has 2 aliphatic heterocycles. The molecule has 7 heteroatoms. The van der Waals surface area contributed by atoms with Gasteiger partial charge < -0.3 is 19.5 Å². The third kappa shape index (κ3) is 3.66. The summed E-state index contributed by atoms with van der Waals surface area (Å²) in [6.45, 7) is 0.535. The summed E-state index contributed by atoms with van der Waals surface area (Å²) in [5, 5.41) is 2.90. The van der Waals surface area contributed by atoms with Crippen LogP contribution in [0.1, 0.15) is 11.1 Å². The van der Waals surface area contributed by atoms with Gasteiger partial charge in [0.15, 0.2) is 11.5 Å². The topological polar surface area (TPSA) is 69.7 Å². The SMILES string of the molecule is O=C(Cc1ccc2c(c1)OCO2)NC[C@H]1Cc2cc(F)cc(-c3ccccn3)c2O1. The molecule has 0 radical (unpaired) electrons. The molecule has 0 unspecified atom stereocenters. The monoisotopic (exact) mass is 406 g/mol. The first kappa shape index (κ1) is 18.4. The number of hydrogen-bond donors (Lipinski definition) is 1. The van der Waals surface area contributed by atoms with Crippen LogP contribution < -0.4 is 19.5 Å². The first-order valence-electron chi connectivity index (χ1n) is 9.71. The Morgan fingerprint density at radius 1 is 1.13 bits per heavy atom. The molecule has 1 amide bonds. The van der Waals surface area contributed by atoms with E-state index in [1.54, 1.807) is 12.3 Å². The smallest absolute Gasteiger partial charge is 0.231 e. The number of nitrogens with zero attached hydrogens (tertiary/aromatic N) is 1. The van der Waals surface area contributed by atoms with Gasteiger partial charge in [-0.3, -0.25) is 9.78 Å². The van der Waals surface area contributed by atoms with Gasteiger partial charge in [0, 0.05) is 23.7 Å². The predicted molar refractivity (Wildman–Crippen MR) is 107 cm³/mol. The molecular weight excluding hydrogens is 387 g/mol. The fraction of sp³-hybridized carbons (Fsp3) is 0.217. The van der Waals surface area contributed by atoms with Crippen LogP contribution in [0.4, 0.5) is 4.39 Å². The molecule has 0 saturated carbocycles. The molecule has 5 rings (SSSR count). The summed E-state index contributed by atoms with van der Waals surface area (Å²) in [7, 11) is 0. The van der Waals surface area contributed by atoms with Crippen LogP contribution in [-0.4, -0.2) is 30.3 Å². The van der Waals surface area contributed by atoms with Crippen molar-refractivity contribution >= 4 is 5.91 Å². The summed E-state index contributed by atoms with van der Waals surface area (Å²) in [5.74, 6) is 1.52. The molecule has 6 nitrogen and oxygen atoms in total. The maximum atomic E-state index is 14.1. The molecule has 3 aromatic rings. The lowest BCUT2D eigenvalue weighted by Crippen LogP contribution is -2.35. The van der Waals surface area contributed by atoms with Crippen molar-refractivity contribution < 1.29 is 23.4 Å². The van der Waals surface area contributed by atoms with Crippen molar-refractivity contribution in [3.8, 4) is 28.5 Å². The molecule has 152 valence electrons. The van der Waals surface area contributed by atoms with Crippen molar-refractivity contribution in [2.75, 3.05) is 13.3 Å². The molecule has 3 heterocycles. The second kappa shape index (κ2) is 7.67. The van der Waals surface area contributed by atoms with Crippen LogP contribution in [0.2, 0.25) is 0 Å². The zero-order chi connectivity index (χ0) is 20.5. The van der Waals surface area contributed by atoms with Gasteiger partial charge in [0.05, 0.1) is 18.7 Å². The Morgan fingerprint density at radius 2 is 2.03 bits per heavy atom. The zero-order valence-electron chi connectivity index (χ0n) is 16.1. The first-order valence-corrected chi connectivity index (χ1v) is 9.71. The number of carbonyl (C=O) groups is 1. The number of fused-ring (bicyclic) bond motifs is 2. The number of amides is 1. The van der Waals surface area contributed by atoms with E-state index in [9.17, 15) is 9.18 Å². The molecule has 1 N–H and O–H groups in total. The number of pyridine rings is 1. The summed E-state index contributed by atoms with van der Waals surface area (Å²) >= 11 is 0. The molecule has 0 aliphatic carbocycles. The lowest BCUT2D eigenvalue weighted by Gasteiger charge is -2.13. The van der Waals surface area contributed by atoms with E-state index in [1.165, 1.54) is 12.1 Å². The van der Waals surface area contributed by atoms with Gasteiger partial charge in [-0.2, -0.15) is 0 Å². The normalized spacial score (nSPS) is 16.1. The Bertz CT molecular complexity index is 1100. The number of benzene rings is 2. The quantitative estimate of drug-likeness (QED) is 0.704.